The number of amides is 1. The molecule has 0 N–H and O–H groups in total. The number of ether oxygens (including phenoxy) is 4. The smallest absolute Gasteiger partial charge is 0.229 e. The third kappa shape index (κ3) is 5.77. The van der Waals surface area contributed by atoms with Crippen LogP contribution in [0.1, 0.15) is 25.8 Å². The molecule has 0 atom stereocenters. The van der Waals surface area contributed by atoms with E-state index in [9.17, 15) is 4.79 Å². The quantitative estimate of drug-likeness (QED) is 0.383. The van der Waals surface area contributed by atoms with Crippen LogP contribution in [0.25, 0.3) is 10.6 Å². The number of methoxy groups -OCH3 is 4. The zero-order chi connectivity index (χ0) is 24.7. The Morgan fingerprint density at radius 1 is 0.941 bits per heavy atom. The van der Waals surface area contributed by atoms with Gasteiger partial charge < -0.3 is 18.9 Å². The van der Waals surface area contributed by atoms with Gasteiger partial charge >= 0.3 is 0 Å². The van der Waals surface area contributed by atoms with Crippen molar-refractivity contribution >= 4 is 22.4 Å². The molecule has 0 saturated heterocycles. The van der Waals surface area contributed by atoms with Crippen molar-refractivity contribution in [2.24, 2.45) is 5.92 Å². The predicted molar refractivity (Wildman–Crippen MR) is 134 cm³/mol. The highest BCUT2D eigenvalue weighted by Crippen LogP contribution is 2.42. The van der Waals surface area contributed by atoms with Gasteiger partial charge in [-0.1, -0.05) is 43.4 Å². The monoisotopic (exact) mass is 485 g/mol. The van der Waals surface area contributed by atoms with Gasteiger partial charge in [0.2, 0.25) is 16.8 Å². The molecule has 9 heteroatoms. The minimum absolute atomic E-state index is 0.00722. The van der Waals surface area contributed by atoms with Gasteiger partial charge in [-0.05, 0) is 36.1 Å². The minimum atomic E-state index is -0.00722. The van der Waals surface area contributed by atoms with Crippen molar-refractivity contribution in [2.45, 2.75) is 26.7 Å². The number of aryl methyl sites for hydroxylation is 1. The molecule has 182 valence electrons. The average molecular weight is 486 g/mol. The Bertz CT molecular complexity index is 1090. The van der Waals surface area contributed by atoms with Gasteiger partial charge in [0, 0.05) is 18.5 Å². The number of carbonyl (C=O) groups excluding carboxylic acids is 1. The lowest BCUT2D eigenvalue weighted by Crippen LogP contribution is -2.34. The van der Waals surface area contributed by atoms with Crippen LogP contribution in [-0.4, -0.2) is 51.1 Å². The molecule has 0 bridgehead atoms. The highest BCUT2D eigenvalue weighted by atomic mass is 32.1. The normalized spacial score (nSPS) is 10.8. The number of hydrogen-bond donors (Lipinski definition) is 0. The molecule has 2 aromatic carbocycles. The maximum absolute atomic E-state index is 13.2. The van der Waals surface area contributed by atoms with Crippen LogP contribution >= 0.6 is 11.3 Å². The van der Waals surface area contributed by atoms with E-state index in [0.717, 1.165) is 16.9 Å². The Hall–Kier alpha value is -3.33. The highest BCUT2D eigenvalue weighted by molar-refractivity contribution is 7.18. The summed E-state index contributed by atoms with van der Waals surface area (Å²) in [7, 11) is 6.33. The van der Waals surface area contributed by atoms with Crippen molar-refractivity contribution < 1.29 is 23.7 Å². The lowest BCUT2D eigenvalue weighted by atomic mass is 10.1. The zero-order valence-corrected chi connectivity index (χ0v) is 21.3. The van der Waals surface area contributed by atoms with Crippen molar-refractivity contribution in [1.29, 1.82) is 0 Å². The molecule has 1 aromatic heterocycles. The summed E-state index contributed by atoms with van der Waals surface area (Å²) in [6, 6.07) is 11.4. The van der Waals surface area contributed by atoms with Crippen molar-refractivity contribution in [3.8, 4) is 33.6 Å². The first-order valence-electron chi connectivity index (χ1n) is 11.0. The van der Waals surface area contributed by atoms with Crippen molar-refractivity contribution in [3.63, 3.8) is 0 Å². The van der Waals surface area contributed by atoms with E-state index >= 15 is 0 Å². The molecule has 0 aliphatic heterocycles. The van der Waals surface area contributed by atoms with E-state index in [1.54, 1.807) is 33.3 Å². The van der Waals surface area contributed by atoms with Gasteiger partial charge in [-0.3, -0.25) is 9.69 Å². The minimum Gasteiger partial charge on any atom is -0.496 e. The van der Waals surface area contributed by atoms with Gasteiger partial charge in [0.1, 0.15) is 10.8 Å². The van der Waals surface area contributed by atoms with Crippen LogP contribution in [-0.2, 0) is 11.2 Å². The summed E-state index contributed by atoms with van der Waals surface area (Å²) in [4.78, 5) is 15.0. The second kappa shape index (κ2) is 11.7. The fourth-order valence-electron chi connectivity index (χ4n) is 3.58. The molecule has 0 unspecified atom stereocenters. The van der Waals surface area contributed by atoms with Crippen LogP contribution in [0.3, 0.4) is 0 Å². The summed E-state index contributed by atoms with van der Waals surface area (Å²) >= 11 is 1.35. The summed E-state index contributed by atoms with van der Waals surface area (Å²) in [6.07, 6.45) is 0.919. The fraction of sp³-hybridized carbons (Fsp3) is 0.400. The lowest BCUT2D eigenvalue weighted by Gasteiger charge is -2.21. The van der Waals surface area contributed by atoms with Gasteiger partial charge in [-0.15, -0.1) is 10.2 Å². The SMILES string of the molecule is COc1ccccc1CCC(=O)N(CC(C)C)c1nnc(-c2cc(OC)c(OC)c(OC)c2)s1. The number of nitrogens with zero attached hydrogens (tertiary/aromatic N) is 3. The summed E-state index contributed by atoms with van der Waals surface area (Å²) in [5.41, 5.74) is 1.77. The molecule has 1 heterocycles. The standard InChI is InChI=1S/C25H31N3O5S/c1-16(2)15-28(22(29)12-11-17-9-7-8-10-19(17)30-3)25-27-26-24(34-25)18-13-20(31-4)23(33-6)21(14-18)32-5/h7-10,13-14,16H,11-12,15H2,1-6H3. The molecule has 0 spiro atoms. The first-order chi connectivity index (χ1) is 16.4. The molecule has 0 aliphatic rings. The Morgan fingerprint density at radius 2 is 1.59 bits per heavy atom. The predicted octanol–water partition coefficient (Wildman–Crippen LogP) is 4.86. The van der Waals surface area contributed by atoms with Gasteiger partial charge in [0.05, 0.1) is 28.4 Å². The lowest BCUT2D eigenvalue weighted by molar-refractivity contribution is -0.118. The number of rotatable bonds is 11. The first-order valence-corrected chi connectivity index (χ1v) is 11.8. The molecular weight excluding hydrogens is 454 g/mol. The maximum Gasteiger partial charge on any atom is 0.229 e. The number of aromatic nitrogens is 2. The van der Waals surface area contributed by atoms with E-state index in [0.29, 0.717) is 46.8 Å². The van der Waals surface area contributed by atoms with Crippen LogP contribution in [0.15, 0.2) is 36.4 Å². The Kier molecular flexibility index (Phi) is 8.70. The summed E-state index contributed by atoms with van der Waals surface area (Å²) < 4.78 is 21.7. The zero-order valence-electron chi connectivity index (χ0n) is 20.5. The van der Waals surface area contributed by atoms with Crippen LogP contribution in [0.2, 0.25) is 0 Å². The molecule has 8 nitrogen and oxygen atoms in total. The molecule has 1 amide bonds. The second-order valence-corrected chi connectivity index (χ2v) is 8.97. The highest BCUT2D eigenvalue weighted by Gasteiger charge is 2.23. The largest absolute Gasteiger partial charge is 0.496 e. The molecule has 0 aliphatic carbocycles. The molecule has 0 radical (unpaired) electrons. The van der Waals surface area contributed by atoms with E-state index in [4.69, 9.17) is 18.9 Å². The van der Waals surface area contributed by atoms with Gasteiger partial charge in [-0.2, -0.15) is 0 Å². The number of carbonyl (C=O) groups is 1. The number of para-hydroxylation sites is 1. The van der Waals surface area contributed by atoms with Crippen molar-refractivity contribution in [3.05, 3.63) is 42.0 Å². The molecule has 3 aromatic rings. The molecule has 34 heavy (non-hydrogen) atoms. The van der Waals surface area contributed by atoms with E-state index in [2.05, 4.69) is 24.0 Å². The van der Waals surface area contributed by atoms with Gasteiger partial charge in [0.15, 0.2) is 11.5 Å². The first kappa shape index (κ1) is 25.3. The second-order valence-electron chi connectivity index (χ2n) is 8.01. The van der Waals surface area contributed by atoms with E-state index in [1.807, 2.05) is 36.4 Å². The van der Waals surface area contributed by atoms with Gasteiger partial charge in [0.25, 0.3) is 0 Å². The van der Waals surface area contributed by atoms with E-state index < -0.39 is 0 Å². The number of anilines is 1. The Morgan fingerprint density at radius 3 is 2.18 bits per heavy atom. The summed E-state index contributed by atoms with van der Waals surface area (Å²) in [6.45, 7) is 4.69. The Labute approximate surface area is 204 Å². The van der Waals surface area contributed by atoms with E-state index in [1.165, 1.54) is 11.3 Å². The number of benzene rings is 2. The van der Waals surface area contributed by atoms with E-state index in [-0.39, 0.29) is 11.8 Å². The van der Waals surface area contributed by atoms with Gasteiger partial charge in [-0.25, -0.2) is 0 Å². The van der Waals surface area contributed by atoms with Crippen molar-refractivity contribution in [2.75, 3.05) is 39.9 Å². The van der Waals surface area contributed by atoms with Crippen LogP contribution in [0, 0.1) is 5.92 Å². The maximum atomic E-state index is 13.2. The summed E-state index contributed by atoms with van der Waals surface area (Å²) in [5, 5.41) is 9.91. The number of hydrogen-bond acceptors (Lipinski definition) is 8. The van der Waals surface area contributed by atoms with Crippen LogP contribution in [0.5, 0.6) is 23.0 Å². The molecule has 0 saturated carbocycles. The Balaban J connectivity index is 1.86. The third-order valence-corrected chi connectivity index (χ3v) is 6.20. The van der Waals surface area contributed by atoms with Crippen LogP contribution in [0.4, 0.5) is 5.13 Å². The van der Waals surface area contributed by atoms with Crippen molar-refractivity contribution in [1.82, 2.24) is 10.2 Å². The average Bonchev–Trinajstić information content (AvgIpc) is 3.34. The third-order valence-electron chi connectivity index (χ3n) is 5.21. The molecular formula is C25H31N3O5S. The fourth-order valence-corrected chi connectivity index (χ4v) is 4.44. The molecule has 3 rings (SSSR count). The topological polar surface area (TPSA) is 83.0 Å². The van der Waals surface area contributed by atoms with Crippen LogP contribution < -0.4 is 23.8 Å². The molecule has 0 fully saturated rings. The summed E-state index contributed by atoms with van der Waals surface area (Å²) in [5.74, 6) is 2.61.